The van der Waals surface area contributed by atoms with E-state index in [-0.39, 0.29) is 11.4 Å². The Hall–Kier alpha value is -1.76. The van der Waals surface area contributed by atoms with E-state index in [0.717, 1.165) is 11.6 Å². The molecule has 2 aromatic carbocycles. The van der Waals surface area contributed by atoms with E-state index >= 15 is 0 Å². The topological polar surface area (TPSA) is 92.5 Å². The minimum atomic E-state index is -4.68. The number of benzene rings is 2. The molecule has 0 aliphatic rings. The number of ether oxygens (including phenoxy) is 1. The number of nitrogens with two attached hydrogens (primary N) is 1. The van der Waals surface area contributed by atoms with E-state index in [9.17, 15) is 13.0 Å². The second kappa shape index (κ2) is 5.32. The second-order valence-corrected chi connectivity index (χ2v) is 5.93. The van der Waals surface area contributed by atoms with Gasteiger partial charge in [0.05, 0.1) is 4.90 Å². The molecule has 2 rings (SSSR count). The van der Waals surface area contributed by atoms with Crippen LogP contribution in [0.2, 0.25) is 5.02 Å². The predicted molar refractivity (Wildman–Crippen MR) is 75.1 cm³/mol. The van der Waals surface area contributed by atoms with Crippen molar-refractivity contribution in [2.45, 2.75) is 11.8 Å². The molecule has 0 aliphatic carbocycles. The van der Waals surface area contributed by atoms with Gasteiger partial charge in [-0.05, 0) is 48.9 Å². The second-order valence-electron chi connectivity index (χ2n) is 4.17. The molecular weight excluding hydrogens is 302 g/mol. The van der Waals surface area contributed by atoms with Crippen molar-refractivity contribution in [2.24, 2.45) is 0 Å². The van der Waals surface area contributed by atoms with Gasteiger partial charge in [-0.25, -0.2) is 8.42 Å². The Balaban J connectivity index is 2.46. The molecule has 0 amide bonds. The molecule has 106 valence electrons. The molecule has 0 aliphatic heterocycles. The van der Waals surface area contributed by atoms with E-state index in [4.69, 9.17) is 22.1 Å². The van der Waals surface area contributed by atoms with E-state index < -0.39 is 15.0 Å². The third kappa shape index (κ3) is 3.22. The van der Waals surface area contributed by atoms with Crippen LogP contribution >= 0.6 is 11.6 Å². The standard InChI is InChI=1S/C13H12ClNO4S/c1-8-6-10(3-4-11(8)14)19-12-5-2-9(15)7-13(12)20(16,17)18/h2-7H,15H2,1H3,(H,16,17,18)/p-1. The highest BCUT2D eigenvalue weighted by atomic mass is 35.5. The van der Waals surface area contributed by atoms with Crippen LogP contribution in [0.5, 0.6) is 11.5 Å². The molecule has 0 saturated carbocycles. The first-order valence-corrected chi connectivity index (χ1v) is 7.35. The number of aryl methyl sites for hydroxylation is 1. The van der Waals surface area contributed by atoms with Crippen LogP contribution in [-0.2, 0) is 10.1 Å². The Kier molecular flexibility index (Phi) is 3.89. The Morgan fingerprint density at radius 3 is 2.50 bits per heavy atom. The van der Waals surface area contributed by atoms with Gasteiger partial charge in [-0.1, -0.05) is 11.6 Å². The zero-order chi connectivity index (χ0) is 14.9. The minimum Gasteiger partial charge on any atom is -0.744 e. The van der Waals surface area contributed by atoms with Gasteiger partial charge >= 0.3 is 0 Å². The normalized spacial score (nSPS) is 11.3. The largest absolute Gasteiger partial charge is 0.744 e. The summed E-state index contributed by atoms with van der Waals surface area (Å²) >= 11 is 5.89. The number of hydrogen-bond acceptors (Lipinski definition) is 5. The van der Waals surface area contributed by atoms with Crippen LogP contribution in [-0.4, -0.2) is 13.0 Å². The first-order valence-electron chi connectivity index (χ1n) is 5.57. The summed E-state index contributed by atoms with van der Waals surface area (Å²) in [6.07, 6.45) is 0. The first kappa shape index (κ1) is 14.6. The fourth-order valence-electron chi connectivity index (χ4n) is 1.61. The van der Waals surface area contributed by atoms with E-state index in [1.807, 2.05) is 0 Å². The zero-order valence-corrected chi connectivity index (χ0v) is 12.0. The summed E-state index contributed by atoms with van der Waals surface area (Å²) in [5.74, 6) is 0.303. The fraction of sp³-hybridized carbons (Fsp3) is 0.0769. The third-order valence-electron chi connectivity index (χ3n) is 2.59. The lowest BCUT2D eigenvalue weighted by molar-refractivity contribution is 0.440. The van der Waals surface area contributed by atoms with Crippen LogP contribution < -0.4 is 10.5 Å². The molecule has 0 heterocycles. The molecule has 0 spiro atoms. The van der Waals surface area contributed by atoms with Gasteiger partial charge in [0.2, 0.25) is 0 Å². The molecule has 0 fully saturated rings. The molecular formula is C13H11ClNO4S-. The maximum atomic E-state index is 11.2. The molecule has 0 bridgehead atoms. The maximum Gasteiger partial charge on any atom is 0.145 e. The van der Waals surface area contributed by atoms with Crippen molar-refractivity contribution in [1.29, 1.82) is 0 Å². The molecule has 2 N–H and O–H groups in total. The van der Waals surface area contributed by atoms with Crippen molar-refractivity contribution in [3.63, 3.8) is 0 Å². The van der Waals surface area contributed by atoms with Gasteiger partial charge in [-0.15, -0.1) is 0 Å². The van der Waals surface area contributed by atoms with Gasteiger partial charge < -0.3 is 15.0 Å². The van der Waals surface area contributed by atoms with Gasteiger partial charge in [-0.3, -0.25) is 0 Å². The molecule has 0 radical (unpaired) electrons. The van der Waals surface area contributed by atoms with Gasteiger partial charge in [0.25, 0.3) is 0 Å². The lowest BCUT2D eigenvalue weighted by atomic mass is 10.2. The number of anilines is 1. The van der Waals surface area contributed by atoms with Crippen molar-refractivity contribution >= 4 is 27.4 Å². The lowest BCUT2D eigenvalue weighted by Gasteiger charge is -2.14. The van der Waals surface area contributed by atoms with E-state index in [1.165, 1.54) is 12.1 Å². The minimum absolute atomic E-state index is 0.0732. The molecule has 0 unspecified atom stereocenters. The van der Waals surface area contributed by atoms with Crippen LogP contribution in [0.3, 0.4) is 0 Å². The monoisotopic (exact) mass is 312 g/mol. The van der Waals surface area contributed by atoms with Crippen LogP contribution in [0.25, 0.3) is 0 Å². The molecule has 20 heavy (non-hydrogen) atoms. The summed E-state index contributed by atoms with van der Waals surface area (Å²) in [5.41, 5.74) is 6.42. The number of rotatable bonds is 3. The Morgan fingerprint density at radius 2 is 1.90 bits per heavy atom. The summed E-state index contributed by atoms with van der Waals surface area (Å²) in [7, 11) is -4.68. The van der Waals surface area contributed by atoms with E-state index in [1.54, 1.807) is 25.1 Å². The van der Waals surface area contributed by atoms with E-state index in [0.29, 0.717) is 10.8 Å². The van der Waals surface area contributed by atoms with Crippen LogP contribution in [0.1, 0.15) is 5.56 Å². The molecule has 5 nitrogen and oxygen atoms in total. The summed E-state index contributed by atoms with van der Waals surface area (Å²) < 4.78 is 39.0. The fourth-order valence-corrected chi connectivity index (χ4v) is 2.37. The van der Waals surface area contributed by atoms with Gasteiger partial charge in [0.1, 0.15) is 21.6 Å². The average Bonchev–Trinajstić information content (AvgIpc) is 2.35. The summed E-state index contributed by atoms with van der Waals surface area (Å²) in [4.78, 5) is -0.495. The number of halogens is 1. The average molecular weight is 313 g/mol. The molecule has 7 heteroatoms. The summed E-state index contributed by atoms with van der Waals surface area (Å²) in [5, 5.41) is 0.561. The Bertz CT molecular complexity index is 759. The van der Waals surface area contributed by atoms with Crippen molar-refractivity contribution in [2.75, 3.05) is 5.73 Å². The molecule has 0 atom stereocenters. The van der Waals surface area contributed by atoms with Gasteiger partial charge in [0, 0.05) is 10.7 Å². The summed E-state index contributed by atoms with van der Waals surface area (Å²) in [6, 6.07) is 8.69. The molecule has 0 aromatic heterocycles. The highest BCUT2D eigenvalue weighted by molar-refractivity contribution is 7.85. The number of nitrogen functional groups attached to an aromatic ring is 1. The highest BCUT2D eigenvalue weighted by Gasteiger charge is 2.12. The van der Waals surface area contributed by atoms with Crippen molar-refractivity contribution in [3.8, 4) is 11.5 Å². The molecule has 2 aromatic rings. The lowest BCUT2D eigenvalue weighted by Crippen LogP contribution is -2.02. The van der Waals surface area contributed by atoms with Crippen LogP contribution in [0.15, 0.2) is 41.3 Å². The van der Waals surface area contributed by atoms with Gasteiger partial charge in [-0.2, -0.15) is 0 Å². The first-order chi connectivity index (χ1) is 9.27. The Morgan fingerprint density at radius 1 is 1.20 bits per heavy atom. The summed E-state index contributed by atoms with van der Waals surface area (Å²) in [6.45, 7) is 1.78. The quantitative estimate of drug-likeness (QED) is 0.695. The van der Waals surface area contributed by atoms with Crippen molar-refractivity contribution < 1.29 is 17.7 Å². The third-order valence-corrected chi connectivity index (χ3v) is 3.88. The maximum absolute atomic E-state index is 11.2. The van der Waals surface area contributed by atoms with Crippen LogP contribution in [0.4, 0.5) is 5.69 Å². The Labute approximate surface area is 121 Å². The number of hydrogen-bond donors (Lipinski definition) is 1. The predicted octanol–water partition coefficient (Wildman–Crippen LogP) is 2.93. The smallest absolute Gasteiger partial charge is 0.145 e. The SMILES string of the molecule is Cc1cc(Oc2ccc(N)cc2S(=O)(=O)[O-])ccc1Cl. The van der Waals surface area contributed by atoms with E-state index in [2.05, 4.69) is 0 Å². The molecule has 0 saturated heterocycles. The zero-order valence-electron chi connectivity index (χ0n) is 10.5. The highest BCUT2D eigenvalue weighted by Crippen LogP contribution is 2.31. The van der Waals surface area contributed by atoms with Crippen molar-refractivity contribution in [3.05, 3.63) is 47.0 Å². The van der Waals surface area contributed by atoms with Crippen molar-refractivity contribution in [1.82, 2.24) is 0 Å². The van der Waals surface area contributed by atoms with Crippen LogP contribution in [0, 0.1) is 6.92 Å². The van der Waals surface area contributed by atoms with Gasteiger partial charge in [0.15, 0.2) is 0 Å².